The van der Waals surface area contributed by atoms with E-state index in [4.69, 9.17) is 4.42 Å². The quantitative estimate of drug-likeness (QED) is 0.698. The lowest BCUT2D eigenvalue weighted by atomic mass is 10.1. The molecule has 1 aromatic heterocycles. The summed E-state index contributed by atoms with van der Waals surface area (Å²) in [7, 11) is -4.25. The molecule has 130 valence electrons. The van der Waals surface area contributed by atoms with Crippen molar-refractivity contribution >= 4 is 10.1 Å². The predicted octanol–water partition coefficient (Wildman–Crippen LogP) is 3.99. The molecule has 0 aliphatic rings. The molecule has 0 radical (unpaired) electrons. The third-order valence-corrected chi connectivity index (χ3v) is 4.99. The summed E-state index contributed by atoms with van der Waals surface area (Å²) in [5.41, 5.74) is 3.18. The van der Waals surface area contributed by atoms with Crippen LogP contribution in [-0.2, 0) is 23.0 Å². The number of rotatable bonds is 5. The van der Waals surface area contributed by atoms with Gasteiger partial charge in [-0.3, -0.25) is 4.55 Å². The lowest BCUT2D eigenvalue weighted by molar-refractivity contribution is 0.482. The highest BCUT2D eigenvalue weighted by atomic mass is 32.2. The lowest BCUT2D eigenvalue weighted by Crippen LogP contribution is -2.05. The highest BCUT2D eigenvalue weighted by Crippen LogP contribution is 2.24. The molecule has 25 heavy (non-hydrogen) atoms. The van der Waals surface area contributed by atoms with Crippen LogP contribution in [-0.4, -0.2) is 18.0 Å². The molecule has 0 saturated carbocycles. The Labute approximate surface area is 147 Å². The van der Waals surface area contributed by atoms with Crippen LogP contribution in [0.1, 0.15) is 22.6 Å². The summed E-state index contributed by atoms with van der Waals surface area (Å²) in [5, 5.41) is 0. The van der Waals surface area contributed by atoms with Crippen LogP contribution in [0.4, 0.5) is 0 Å². The van der Waals surface area contributed by atoms with Gasteiger partial charge in [0.2, 0.25) is 5.89 Å². The van der Waals surface area contributed by atoms with Gasteiger partial charge in [-0.2, -0.15) is 8.42 Å². The molecule has 0 unspecified atom stereocenters. The van der Waals surface area contributed by atoms with Crippen molar-refractivity contribution in [3.63, 3.8) is 0 Å². The monoisotopic (exact) mass is 357 g/mol. The molecule has 0 fully saturated rings. The van der Waals surface area contributed by atoms with Gasteiger partial charge in [0.1, 0.15) is 5.76 Å². The average Bonchev–Trinajstić information content (AvgIpc) is 2.94. The fraction of sp³-hybridized carbons (Fsp3) is 0.211. The van der Waals surface area contributed by atoms with E-state index in [0.29, 0.717) is 30.1 Å². The molecule has 0 spiro atoms. The summed E-state index contributed by atoms with van der Waals surface area (Å²) < 4.78 is 38.2. The molecule has 3 rings (SSSR count). The molecule has 0 atom stereocenters. The van der Waals surface area contributed by atoms with E-state index in [1.54, 1.807) is 12.1 Å². The summed E-state index contributed by atoms with van der Waals surface area (Å²) >= 11 is 0. The van der Waals surface area contributed by atoms with Crippen molar-refractivity contribution in [3.05, 3.63) is 71.1 Å². The van der Waals surface area contributed by atoms with Crippen LogP contribution in [0.5, 0.6) is 0 Å². The van der Waals surface area contributed by atoms with Gasteiger partial charge in [0.05, 0.1) is 10.6 Å². The molecule has 5 nitrogen and oxygen atoms in total. The van der Waals surface area contributed by atoms with Crippen molar-refractivity contribution in [2.45, 2.75) is 31.6 Å². The molecular weight excluding hydrogens is 338 g/mol. The smallest absolute Gasteiger partial charge is 0.294 e. The molecule has 0 saturated heterocycles. The third kappa shape index (κ3) is 3.97. The minimum absolute atomic E-state index is 0.0532. The van der Waals surface area contributed by atoms with Crippen LogP contribution in [0, 0.1) is 13.8 Å². The predicted molar refractivity (Wildman–Crippen MR) is 95.1 cm³/mol. The first-order valence-electron chi connectivity index (χ1n) is 7.93. The Bertz CT molecular complexity index is 992. The van der Waals surface area contributed by atoms with E-state index in [2.05, 4.69) is 4.98 Å². The largest absolute Gasteiger partial charge is 0.441 e. The number of hydrogen-bond acceptors (Lipinski definition) is 4. The van der Waals surface area contributed by atoms with E-state index in [0.717, 1.165) is 16.8 Å². The first kappa shape index (κ1) is 17.4. The Morgan fingerprint density at radius 2 is 1.76 bits per heavy atom. The van der Waals surface area contributed by atoms with Crippen LogP contribution in [0.2, 0.25) is 0 Å². The first-order chi connectivity index (χ1) is 11.8. The number of hydrogen-bond donors (Lipinski definition) is 1. The zero-order valence-corrected chi connectivity index (χ0v) is 14.9. The van der Waals surface area contributed by atoms with Gasteiger partial charge in [-0.1, -0.05) is 35.9 Å². The lowest BCUT2D eigenvalue weighted by Gasteiger charge is -2.07. The van der Waals surface area contributed by atoms with Crippen LogP contribution in [0.3, 0.4) is 0 Å². The van der Waals surface area contributed by atoms with Crippen molar-refractivity contribution in [1.82, 2.24) is 4.98 Å². The number of aryl methyl sites for hydroxylation is 4. The summed E-state index contributed by atoms with van der Waals surface area (Å²) in [6.45, 7) is 3.72. The van der Waals surface area contributed by atoms with E-state index in [9.17, 15) is 13.0 Å². The second-order valence-electron chi connectivity index (χ2n) is 5.97. The van der Waals surface area contributed by atoms with Crippen LogP contribution >= 0.6 is 0 Å². The van der Waals surface area contributed by atoms with Gasteiger partial charge in [0, 0.05) is 5.56 Å². The van der Waals surface area contributed by atoms with Gasteiger partial charge in [0.15, 0.2) is 0 Å². The van der Waals surface area contributed by atoms with Gasteiger partial charge in [-0.15, -0.1) is 0 Å². The highest BCUT2D eigenvalue weighted by Gasteiger charge is 2.17. The summed E-state index contributed by atoms with van der Waals surface area (Å²) in [4.78, 5) is 4.48. The van der Waals surface area contributed by atoms with Crippen molar-refractivity contribution < 1.29 is 17.4 Å². The van der Waals surface area contributed by atoms with Crippen LogP contribution < -0.4 is 0 Å². The van der Waals surface area contributed by atoms with Crippen LogP contribution in [0.15, 0.2) is 57.8 Å². The summed E-state index contributed by atoms with van der Waals surface area (Å²) in [6.07, 6.45) is 0.965. The number of nitrogens with zero attached hydrogens (tertiary/aromatic N) is 1. The SMILES string of the molecule is Cc1ccc(S(=O)(=O)O)c(CCc2nc(-c3ccccc3)oc2C)c1. The first-order valence-corrected chi connectivity index (χ1v) is 9.37. The van der Waals surface area contributed by atoms with Crippen molar-refractivity contribution in [3.8, 4) is 11.5 Å². The standard InChI is InChI=1S/C19H19NO4S/c1-13-8-11-18(25(21,22)23)16(12-13)9-10-17-14(2)24-19(20-17)15-6-4-3-5-7-15/h3-8,11-12H,9-10H2,1-2H3,(H,21,22,23). The maximum absolute atomic E-state index is 11.6. The zero-order valence-electron chi connectivity index (χ0n) is 14.1. The molecule has 0 bridgehead atoms. The topological polar surface area (TPSA) is 80.4 Å². The van der Waals surface area contributed by atoms with Crippen molar-refractivity contribution in [2.75, 3.05) is 0 Å². The normalized spacial score (nSPS) is 11.6. The highest BCUT2D eigenvalue weighted by molar-refractivity contribution is 7.85. The van der Waals surface area contributed by atoms with Gasteiger partial charge in [-0.25, -0.2) is 4.98 Å². The Kier molecular flexibility index (Phi) is 4.74. The third-order valence-electron chi connectivity index (χ3n) is 4.04. The Morgan fingerprint density at radius 1 is 1.04 bits per heavy atom. The summed E-state index contributed by atoms with van der Waals surface area (Å²) in [5.74, 6) is 1.26. The Morgan fingerprint density at radius 3 is 2.44 bits per heavy atom. The van der Waals surface area contributed by atoms with E-state index in [1.807, 2.05) is 44.2 Å². The number of oxazole rings is 1. The van der Waals surface area contributed by atoms with E-state index in [1.165, 1.54) is 6.07 Å². The van der Waals surface area contributed by atoms with Gasteiger partial charge in [-0.05, 0) is 50.5 Å². The zero-order chi connectivity index (χ0) is 18.0. The van der Waals surface area contributed by atoms with E-state index in [-0.39, 0.29) is 4.90 Å². The maximum atomic E-state index is 11.6. The van der Waals surface area contributed by atoms with Gasteiger partial charge >= 0.3 is 0 Å². The second kappa shape index (κ2) is 6.82. The van der Waals surface area contributed by atoms with Crippen LogP contribution in [0.25, 0.3) is 11.5 Å². The van der Waals surface area contributed by atoms with Crippen molar-refractivity contribution in [2.24, 2.45) is 0 Å². The van der Waals surface area contributed by atoms with Gasteiger partial charge < -0.3 is 4.42 Å². The van der Waals surface area contributed by atoms with E-state index >= 15 is 0 Å². The number of benzene rings is 2. The molecule has 0 amide bonds. The minimum Gasteiger partial charge on any atom is -0.441 e. The molecule has 2 aromatic carbocycles. The number of aromatic nitrogens is 1. The molecule has 0 aliphatic heterocycles. The fourth-order valence-corrected chi connectivity index (χ4v) is 3.50. The van der Waals surface area contributed by atoms with E-state index < -0.39 is 10.1 Å². The minimum atomic E-state index is -4.25. The van der Waals surface area contributed by atoms with Gasteiger partial charge in [0.25, 0.3) is 10.1 Å². The molecule has 3 aromatic rings. The molecule has 1 heterocycles. The molecular formula is C19H19NO4S. The maximum Gasteiger partial charge on any atom is 0.294 e. The average molecular weight is 357 g/mol. The molecule has 0 aliphatic carbocycles. The Hall–Kier alpha value is -2.44. The molecule has 6 heteroatoms. The van der Waals surface area contributed by atoms with Crippen molar-refractivity contribution in [1.29, 1.82) is 0 Å². The fourth-order valence-electron chi connectivity index (χ4n) is 2.77. The molecule has 1 N–H and O–H groups in total. The Balaban J connectivity index is 1.86. The summed E-state index contributed by atoms with van der Waals surface area (Å²) in [6, 6.07) is 14.5. The second-order valence-corrected chi connectivity index (χ2v) is 7.36.